The van der Waals surface area contributed by atoms with Gasteiger partial charge < -0.3 is 9.72 Å². The quantitative estimate of drug-likeness (QED) is 0.799. The fourth-order valence-corrected chi connectivity index (χ4v) is 2.23. The molecule has 1 saturated heterocycles. The van der Waals surface area contributed by atoms with Crippen LogP contribution in [0.5, 0.6) is 0 Å². The highest BCUT2D eigenvalue weighted by Gasteiger charge is 2.19. The number of rotatable bonds is 1. The monoisotopic (exact) mass is 221 g/mol. The van der Waals surface area contributed by atoms with Crippen molar-refractivity contribution in [3.8, 4) is 0 Å². The summed E-state index contributed by atoms with van der Waals surface area (Å²) in [5.74, 6) is 0.559. The SMILES string of the molecule is Clc1ccn2cc(C3CCNC3)nc2c1. The van der Waals surface area contributed by atoms with Gasteiger partial charge in [-0.2, -0.15) is 0 Å². The third-order valence-corrected chi connectivity index (χ3v) is 3.15. The van der Waals surface area contributed by atoms with Crippen LogP contribution in [0, 0.1) is 0 Å². The molecule has 1 fully saturated rings. The molecule has 0 saturated carbocycles. The van der Waals surface area contributed by atoms with Gasteiger partial charge in [0.15, 0.2) is 0 Å². The number of fused-ring (bicyclic) bond motifs is 1. The molecular formula is C11H12ClN3. The van der Waals surface area contributed by atoms with E-state index in [0.29, 0.717) is 5.92 Å². The predicted octanol–water partition coefficient (Wildman–Crippen LogP) is 2.06. The molecule has 1 aliphatic heterocycles. The van der Waals surface area contributed by atoms with Gasteiger partial charge in [0, 0.05) is 29.9 Å². The molecule has 4 heteroatoms. The summed E-state index contributed by atoms with van der Waals surface area (Å²) in [6.07, 6.45) is 5.23. The molecular weight excluding hydrogens is 210 g/mol. The zero-order valence-corrected chi connectivity index (χ0v) is 9.04. The fourth-order valence-electron chi connectivity index (χ4n) is 2.08. The van der Waals surface area contributed by atoms with Gasteiger partial charge in [0.25, 0.3) is 0 Å². The lowest BCUT2D eigenvalue weighted by Gasteiger charge is -2.01. The second-order valence-electron chi connectivity index (χ2n) is 3.97. The summed E-state index contributed by atoms with van der Waals surface area (Å²) in [6, 6.07) is 3.78. The van der Waals surface area contributed by atoms with E-state index in [1.165, 1.54) is 12.1 Å². The van der Waals surface area contributed by atoms with Gasteiger partial charge >= 0.3 is 0 Å². The molecule has 3 heterocycles. The maximum absolute atomic E-state index is 5.92. The van der Waals surface area contributed by atoms with Gasteiger partial charge in [-0.3, -0.25) is 0 Å². The molecule has 1 N–H and O–H groups in total. The maximum Gasteiger partial charge on any atom is 0.138 e. The van der Waals surface area contributed by atoms with Crippen molar-refractivity contribution in [2.75, 3.05) is 13.1 Å². The van der Waals surface area contributed by atoms with Crippen molar-refractivity contribution in [3.05, 3.63) is 35.2 Å². The Morgan fingerprint density at radius 3 is 3.27 bits per heavy atom. The van der Waals surface area contributed by atoms with E-state index in [1.807, 2.05) is 22.7 Å². The van der Waals surface area contributed by atoms with Crippen LogP contribution < -0.4 is 5.32 Å². The topological polar surface area (TPSA) is 29.3 Å². The van der Waals surface area contributed by atoms with Gasteiger partial charge in [0.2, 0.25) is 0 Å². The van der Waals surface area contributed by atoms with E-state index in [1.54, 1.807) is 0 Å². The molecule has 1 unspecified atom stereocenters. The highest BCUT2D eigenvalue weighted by atomic mass is 35.5. The highest BCUT2D eigenvalue weighted by Crippen LogP contribution is 2.22. The Labute approximate surface area is 93.1 Å². The van der Waals surface area contributed by atoms with Crippen LogP contribution in [0.1, 0.15) is 18.0 Å². The van der Waals surface area contributed by atoms with Crippen molar-refractivity contribution in [1.29, 1.82) is 0 Å². The number of pyridine rings is 1. The highest BCUT2D eigenvalue weighted by molar-refractivity contribution is 6.30. The lowest BCUT2D eigenvalue weighted by atomic mass is 10.1. The molecule has 1 atom stereocenters. The molecule has 78 valence electrons. The number of aromatic nitrogens is 2. The number of imidazole rings is 1. The van der Waals surface area contributed by atoms with Crippen LogP contribution in [0.4, 0.5) is 0 Å². The van der Waals surface area contributed by atoms with E-state index in [-0.39, 0.29) is 0 Å². The third kappa shape index (κ3) is 1.62. The standard InChI is InChI=1S/C11H12ClN3/c12-9-2-4-15-7-10(14-11(15)5-9)8-1-3-13-6-8/h2,4-5,7-8,13H,1,3,6H2. The van der Waals surface area contributed by atoms with Gasteiger partial charge in [-0.15, -0.1) is 0 Å². The molecule has 2 aromatic rings. The summed E-state index contributed by atoms with van der Waals surface area (Å²) in [7, 11) is 0. The molecule has 0 radical (unpaired) electrons. The average Bonchev–Trinajstić information content (AvgIpc) is 2.84. The molecule has 3 rings (SSSR count). The van der Waals surface area contributed by atoms with Crippen molar-refractivity contribution in [1.82, 2.24) is 14.7 Å². The first-order valence-electron chi connectivity index (χ1n) is 5.18. The Bertz CT molecular complexity index is 486. The van der Waals surface area contributed by atoms with E-state index in [4.69, 9.17) is 11.6 Å². The zero-order valence-electron chi connectivity index (χ0n) is 8.28. The van der Waals surface area contributed by atoms with E-state index in [0.717, 1.165) is 23.8 Å². The Balaban J connectivity index is 2.05. The largest absolute Gasteiger partial charge is 0.316 e. The van der Waals surface area contributed by atoms with Crippen LogP contribution in [-0.4, -0.2) is 22.5 Å². The minimum atomic E-state index is 0.559. The van der Waals surface area contributed by atoms with E-state index < -0.39 is 0 Å². The lowest BCUT2D eigenvalue weighted by molar-refractivity contribution is 0.742. The van der Waals surface area contributed by atoms with Crippen molar-refractivity contribution >= 4 is 17.2 Å². The van der Waals surface area contributed by atoms with Crippen molar-refractivity contribution < 1.29 is 0 Å². The lowest BCUT2D eigenvalue weighted by Crippen LogP contribution is -2.07. The van der Waals surface area contributed by atoms with Crippen LogP contribution in [0.2, 0.25) is 5.02 Å². The first-order valence-corrected chi connectivity index (χ1v) is 5.55. The van der Waals surface area contributed by atoms with Gasteiger partial charge in [0.05, 0.1) is 5.69 Å². The summed E-state index contributed by atoms with van der Waals surface area (Å²) >= 11 is 5.92. The summed E-state index contributed by atoms with van der Waals surface area (Å²) in [4.78, 5) is 4.59. The summed E-state index contributed by atoms with van der Waals surface area (Å²) in [5, 5.41) is 4.09. The Morgan fingerprint density at radius 2 is 2.47 bits per heavy atom. The molecule has 15 heavy (non-hydrogen) atoms. The fraction of sp³-hybridized carbons (Fsp3) is 0.364. The minimum absolute atomic E-state index is 0.559. The molecule has 0 aliphatic carbocycles. The second-order valence-corrected chi connectivity index (χ2v) is 4.40. The van der Waals surface area contributed by atoms with Gasteiger partial charge in [0.1, 0.15) is 5.65 Å². The predicted molar refractivity (Wildman–Crippen MR) is 60.4 cm³/mol. The van der Waals surface area contributed by atoms with Gasteiger partial charge in [-0.05, 0) is 25.1 Å². The number of hydrogen-bond donors (Lipinski definition) is 1. The van der Waals surface area contributed by atoms with Crippen LogP contribution in [0.3, 0.4) is 0 Å². The minimum Gasteiger partial charge on any atom is -0.316 e. The number of nitrogens with one attached hydrogen (secondary N) is 1. The smallest absolute Gasteiger partial charge is 0.138 e. The van der Waals surface area contributed by atoms with E-state index in [9.17, 15) is 0 Å². The van der Waals surface area contributed by atoms with E-state index in [2.05, 4.69) is 16.5 Å². The van der Waals surface area contributed by atoms with Crippen LogP contribution >= 0.6 is 11.6 Å². The molecule has 0 aromatic carbocycles. The number of nitrogens with zero attached hydrogens (tertiary/aromatic N) is 2. The van der Waals surface area contributed by atoms with Crippen molar-refractivity contribution in [2.45, 2.75) is 12.3 Å². The van der Waals surface area contributed by atoms with Crippen LogP contribution in [0.25, 0.3) is 5.65 Å². The third-order valence-electron chi connectivity index (χ3n) is 2.92. The van der Waals surface area contributed by atoms with E-state index >= 15 is 0 Å². The zero-order chi connectivity index (χ0) is 10.3. The van der Waals surface area contributed by atoms with Crippen LogP contribution in [-0.2, 0) is 0 Å². The summed E-state index contributed by atoms with van der Waals surface area (Å²) in [6.45, 7) is 2.14. The van der Waals surface area contributed by atoms with Gasteiger partial charge in [-0.25, -0.2) is 4.98 Å². The molecule has 1 aliphatic rings. The Morgan fingerprint density at radius 1 is 1.53 bits per heavy atom. The summed E-state index contributed by atoms with van der Waals surface area (Å²) < 4.78 is 2.03. The first kappa shape index (κ1) is 9.19. The Hall–Kier alpha value is -1.06. The normalized spacial score (nSPS) is 21.3. The number of hydrogen-bond acceptors (Lipinski definition) is 2. The molecule has 0 amide bonds. The van der Waals surface area contributed by atoms with Gasteiger partial charge in [-0.1, -0.05) is 11.6 Å². The van der Waals surface area contributed by atoms with Crippen molar-refractivity contribution in [3.63, 3.8) is 0 Å². The molecule has 3 nitrogen and oxygen atoms in total. The molecule has 2 aromatic heterocycles. The Kier molecular flexibility index (Phi) is 2.15. The second kappa shape index (κ2) is 3.51. The molecule has 0 bridgehead atoms. The molecule has 0 spiro atoms. The first-order chi connectivity index (χ1) is 7.33. The average molecular weight is 222 g/mol. The summed E-state index contributed by atoms with van der Waals surface area (Å²) in [5.41, 5.74) is 2.10. The number of halogens is 1. The van der Waals surface area contributed by atoms with Crippen LogP contribution in [0.15, 0.2) is 24.5 Å². The maximum atomic E-state index is 5.92. The van der Waals surface area contributed by atoms with Crippen molar-refractivity contribution in [2.24, 2.45) is 0 Å².